The van der Waals surface area contributed by atoms with E-state index >= 15 is 0 Å². The van der Waals surface area contributed by atoms with Crippen LogP contribution in [0.3, 0.4) is 0 Å². The van der Waals surface area contributed by atoms with Gasteiger partial charge in [-0.05, 0) is 19.9 Å². The Hall–Kier alpha value is -1.69. The van der Waals surface area contributed by atoms with Crippen LogP contribution in [0.1, 0.15) is 23.3 Å². The lowest BCUT2D eigenvalue weighted by molar-refractivity contribution is 0.0995. The molecular formula is C11H17N5O. The van der Waals surface area contributed by atoms with E-state index in [4.69, 9.17) is 5.73 Å². The summed E-state index contributed by atoms with van der Waals surface area (Å²) >= 11 is 0. The van der Waals surface area contributed by atoms with Crippen molar-refractivity contribution in [1.82, 2.24) is 15.3 Å². The molecule has 1 fully saturated rings. The molecule has 1 aliphatic rings. The van der Waals surface area contributed by atoms with E-state index in [9.17, 15) is 4.79 Å². The molecule has 2 heterocycles. The maximum atomic E-state index is 11.3. The molecule has 1 aromatic rings. The molecule has 1 atom stereocenters. The highest BCUT2D eigenvalue weighted by Gasteiger charge is 2.23. The highest BCUT2D eigenvalue weighted by Crippen LogP contribution is 2.19. The Labute approximate surface area is 100 Å². The molecule has 1 saturated heterocycles. The van der Waals surface area contributed by atoms with E-state index in [2.05, 4.69) is 20.2 Å². The normalized spacial score (nSPS) is 20.3. The number of nitrogens with one attached hydrogen (secondary N) is 1. The lowest BCUT2D eigenvalue weighted by atomic mass is 10.1. The van der Waals surface area contributed by atoms with E-state index in [0.29, 0.717) is 11.9 Å². The van der Waals surface area contributed by atoms with Gasteiger partial charge in [-0.15, -0.1) is 0 Å². The number of likely N-dealkylation sites (N-methyl/N-ethyl adjacent to an activating group) is 1. The number of nitrogens with two attached hydrogens (primary N) is 1. The third kappa shape index (κ3) is 2.52. The maximum Gasteiger partial charge on any atom is 0.271 e. The molecule has 0 radical (unpaired) electrons. The van der Waals surface area contributed by atoms with Crippen molar-refractivity contribution in [1.29, 1.82) is 0 Å². The number of piperidine rings is 1. The molecule has 1 unspecified atom stereocenters. The standard InChI is InChI=1S/C11H17N5O/c1-13-8-3-2-6-16(7-8)11-9(10(12)17)14-4-5-15-11/h4-5,8,13H,2-3,6-7H2,1H3,(H2,12,17). The van der Waals surface area contributed by atoms with Crippen LogP contribution in [0.5, 0.6) is 0 Å². The molecule has 1 amide bonds. The Bertz CT molecular complexity index is 409. The third-order valence-corrected chi connectivity index (χ3v) is 3.04. The van der Waals surface area contributed by atoms with Crippen LogP contribution >= 0.6 is 0 Å². The van der Waals surface area contributed by atoms with Crippen LogP contribution < -0.4 is 16.0 Å². The minimum absolute atomic E-state index is 0.254. The van der Waals surface area contributed by atoms with Gasteiger partial charge in [0.2, 0.25) is 0 Å². The van der Waals surface area contributed by atoms with Crippen molar-refractivity contribution in [2.24, 2.45) is 5.73 Å². The molecule has 3 N–H and O–H groups in total. The summed E-state index contributed by atoms with van der Waals surface area (Å²) in [5.74, 6) is 0.0691. The molecule has 17 heavy (non-hydrogen) atoms. The van der Waals surface area contributed by atoms with Gasteiger partial charge in [0.15, 0.2) is 11.5 Å². The van der Waals surface area contributed by atoms with Gasteiger partial charge in [-0.3, -0.25) is 4.79 Å². The highest BCUT2D eigenvalue weighted by molar-refractivity contribution is 5.95. The summed E-state index contributed by atoms with van der Waals surface area (Å²) in [6.07, 6.45) is 5.29. The maximum absolute atomic E-state index is 11.3. The van der Waals surface area contributed by atoms with E-state index in [0.717, 1.165) is 25.9 Å². The number of rotatable bonds is 3. The zero-order valence-corrected chi connectivity index (χ0v) is 9.89. The van der Waals surface area contributed by atoms with Crippen LogP contribution in [0.15, 0.2) is 12.4 Å². The number of carbonyl (C=O) groups excluding carboxylic acids is 1. The second kappa shape index (κ2) is 5.09. The van der Waals surface area contributed by atoms with Gasteiger partial charge in [0.1, 0.15) is 0 Å². The van der Waals surface area contributed by atoms with Crippen LogP contribution in [0, 0.1) is 0 Å². The predicted molar refractivity (Wildman–Crippen MR) is 64.8 cm³/mol. The fourth-order valence-electron chi connectivity index (χ4n) is 2.14. The van der Waals surface area contributed by atoms with Crippen molar-refractivity contribution >= 4 is 11.7 Å². The van der Waals surface area contributed by atoms with Gasteiger partial charge in [0, 0.05) is 31.5 Å². The fraction of sp³-hybridized carbons (Fsp3) is 0.545. The van der Waals surface area contributed by atoms with Crippen LogP contribution in [0.25, 0.3) is 0 Å². The van der Waals surface area contributed by atoms with Crippen molar-refractivity contribution < 1.29 is 4.79 Å². The first-order valence-electron chi connectivity index (χ1n) is 5.75. The van der Waals surface area contributed by atoms with Crippen molar-refractivity contribution in [3.05, 3.63) is 18.1 Å². The first-order chi connectivity index (χ1) is 8.22. The molecule has 2 rings (SSSR count). The number of hydrogen-bond acceptors (Lipinski definition) is 5. The summed E-state index contributed by atoms with van der Waals surface area (Å²) in [4.78, 5) is 21.6. The van der Waals surface area contributed by atoms with Gasteiger partial charge in [0.25, 0.3) is 5.91 Å². The quantitative estimate of drug-likeness (QED) is 0.755. The van der Waals surface area contributed by atoms with E-state index < -0.39 is 5.91 Å². The first kappa shape index (κ1) is 11.8. The van der Waals surface area contributed by atoms with Gasteiger partial charge in [-0.2, -0.15) is 0 Å². The lowest BCUT2D eigenvalue weighted by Crippen LogP contribution is -2.45. The monoisotopic (exact) mass is 235 g/mol. The van der Waals surface area contributed by atoms with E-state index in [1.165, 1.54) is 6.20 Å². The molecular weight excluding hydrogens is 218 g/mol. The topological polar surface area (TPSA) is 84.1 Å². The van der Waals surface area contributed by atoms with Gasteiger partial charge in [-0.1, -0.05) is 0 Å². The number of hydrogen-bond donors (Lipinski definition) is 2. The average molecular weight is 235 g/mol. The molecule has 0 bridgehead atoms. The van der Waals surface area contributed by atoms with Crippen molar-refractivity contribution in [3.63, 3.8) is 0 Å². The number of aromatic nitrogens is 2. The largest absolute Gasteiger partial charge is 0.364 e. The highest BCUT2D eigenvalue weighted by atomic mass is 16.1. The average Bonchev–Trinajstić information content (AvgIpc) is 2.39. The number of carbonyl (C=O) groups is 1. The molecule has 1 aromatic heterocycles. The van der Waals surface area contributed by atoms with Gasteiger partial charge < -0.3 is 16.0 Å². The summed E-state index contributed by atoms with van der Waals surface area (Å²) in [6, 6.07) is 0.423. The van der Waals surface area contributed by atoms with E-state index in [-0.39, 0.29) is 5.69 Å². The second-order valence-corrected chi connectivity index (χ2v) is 4.17. The molecule has 0 aliphatic carbocycles. The molecule has 92 valence electrons. The Morgan fingerprint density at radius 2 is 2.29 bits per heavy atom. The Kier molecular flexibility index (Phi) is 3.53. The molecule has 0 spiro atoms. The summed E-state index contributed by atoms with van der Waals surface area (Å²) in [5.41, 5.74) is 5.56. The minimum Gasteiger partial charge on any atom is -0.364 e. The zero-order chi connectivity index (χ0) is 12.3. The predicted octanol–water partition coefficient (Wildman–Crippen LogP) is -0.236. The summed E-state index contributed by atoms with van der Waals surface area (Å²) in [5, 5.41) is 3.25. The van der Waals surface area contributed by atoms with Gasteiger partial charge >= 0.3 is 0 Å². The van der Waals surface area contributed by atoms with Crippen LogP contribution in [0.2, 0.25) is 0 Å². The van der Waals surface area contributed by atoms with E-state index in [1.807, 2.05) is 7.05 Å². The molecule has 6 heteroatoms. The SMILES string of the molecule is CNC1CCCN(c2nccnc2C(N)=O)C1. The number of anilines is 1. The van der Waals surface area contributed by atoms with Crippen LogP contribution in [-0.2, 0) is 0 Å². The zero-order valence-electron chi connectivity index (χ0n) is 9.89. The first-order valence-corrected chi connectivity index (χ1v) is 5.75. The lowest BCUT2D eigenvalue weighted by Gasteiger charge is -2.33. The van der Waals surface area contributed by atoms with E-state index in [1.54, 1.807) is 6.20 Å². The Morgan fingerprint density at radius 1 is 1.53 bits per heavy atom. The summed E-state index contributed by atoms with van der Waals surface area (Å²) in [6.45, 7) is 1.71. The fourth-order valence-corrected chi connectivity index (χ4v) is 2.14. The number of nitrogens with zero attached hydrogens (tertiary/aromatic N) is 3. The third-order valence-electron chi connectivity index (χ3n) is 3.04. The molecule has 0 saturated carbocycles. The Balaban J connectivity index is 2.24. The number of primary amides is 1. The molecule has 0 aromatic carbocycles. The summed E-state index contributed by atoms with van der Waals surface area (Å²) < 4.78 is 0. The number of amides is 1. The minimum atomic E-state index is -0.528. The van der Waals surface area contributed by atoms with Crippen LogP contribution in [-0.4, -0.2) is 42.1 Å². The molecule has 6 nitrogen and oxygen atoms in total. The summed E-state index contributed by atoms with van der Waals surface area (Å²) in [7, 11) is 1.94. The van der Waals surface area contributed by atoms with Gasteiger partial charge in [-0.25, -0.2) is 9.97 Å². The second-order valence-electron chi connectivity index (χ2n) is 4.17. The van der Waals surface area contributed by atoms with Crippen molar-refractivity contribution in [2.75, 3.05) is 25.0 Å². The van der Waals surface area contributed by atoms with Crippen molar-refractivity contribution in [3.8, 4) is 0 Å². The van der Waals surface area contributed by atoms with Crippen LogP contribution in [0.4, 0.5) is 5.82 Å². The Morgan fingerprint density at radius 3 is 3.00 bits per heavy atom. The molecule has 1 aliphatic heterocycles. The van der Waals surface area contributed by atoms with Gasteiger partial charge in [0.05, 0.1) is 0 Å². The van der Waals surface area contributed by atoms with Crippen molar-refractivity contribution in [2.45, 2.75) is 18.9 Å². The smallest absolute Gasteiger partial charge is 0.271 e.